The number of piperidine rings is 1. The third kappa shape index (κ3) is 2.66. The summed E-state index contributed by atoms with van der Waals surface area (Å²) < 4.78 is 0. The molecule has 0 amide bonds. The molecule has 0 aromatic heterocycles. The van der Waals surface area contributed by atoms with Gasteiger partial charge in [-0.3, -0.25) is 0 Å². The molecule has 0 saturated carbocycles. The van der Waals surface area contributed by atoms with E-state index in [1.165, 1.54) is 18.7 Å². The Labute approximate surface area is 103 Å². The van der Waals surface area contributed by atoms with E-state index in [1.54, 1.807) is 0 Å². The van der Waals surface area contributed by atoms with Crippen LogP contribution in [-0.2, 0) is 0 Å². The number of hydrogen-bond acceptors (Lipinski definition) is 4. The Bertz CT molecular complexity index is 249. The van der Waals surface area contributed by atoms with Gasteiger partial charge in [-0.25, -0.2) is 0 Å². The van der Waals surface area contributed by atoms with Crippen molar-refractivity contribution in [3.63, 3.8) is 0 Å². The van der Waals surface area contributed by atoms with Crippen molar-refractivity contribution in [2.45, 2.75) is 30.6 Å². The molecular formula is C12H23N3S. The van der Waals surface area contributed by atoms with Crippen molar-refractivity contribution in [2.75, 3.05) is 32.4 Å². The fourth-order valence-electron chi connectivity index (χ4n) is 2.57. The van der Waals surface area contributed by atoms with Gasteiger partial charge in [0.25, 0.3) is 0 Å². The minimum atomic E-state index is 0.348. The standard InChI is InChI=1S/C12H23N3S/c1-10(15-6-3-11(13)9-15)14-7-4-12(16-2)5-8-14/h11-12H,1,3-9,13H2,2H3/t11-/m1/s1. The van der Waals surface area contributed by atoms with Crippen LogP contribution in [0.25, 0.3) is 0 Å². The van der Waals surface area contributed by atoms with E-state index in [9.17, 15) is 0 Å². The third-order valence-electron chi connectivity index (χ3n) is 3.73. The molecule has 0 aliphatic carbocycles. The molecule has 2 N–H and O–H groups in total. The van der Waals surface area contributed by atoms with Gasteiger partial charge in [0.15, 0.2) is 0 Å². The van der Waals surface area contributed by atoms with Crippen LogP contribution in [0.15, 0.2) is 12.4 Å². The number of thioether (sulfide) groups is 1. The Morgan fingerprint density at radius 2 is 1.81 bits per heavy atom. The lowest BCUT2D eigenvalue weighted by molar-refractivity contribution is 0.208. The Morgan fingerprint density at radius 1 is 1.19 bits per heavy atom. The summed E-state index contributed by atoms with van der Waals surface area (Å²) in [5.74, 6) is 1.20. The van der Waals surface area contributed by atoms with Crippen LogP contribution in [0, 0.1) is 0 Å². The molecule has 0 radical (unpaired) electrons. The summed E-state index contributed by atoms with van der Waals surface area (Å²) in [4.78, 5) is 4.79. The average molecular weight is 241 g/mol. The molecule has 2 rings (SSSR count). The van der Waals surface area contributed by atoms with Crippen molar-refractivity contribution in [1.29, 1.82) is 0 Å². The molecule has 0 aromatic rings. The number of nitrogens with two attached hydrogens (primary N) is 1. The van der Waals surface area contributed by atoms with Crippen molar-refractivity contribution in [3.05, 3.63) is 12.4 Å². The first kappa shape index (κ1) is 12.1. The first-order chi connectivity index (χ1) is 7.70. The van der Waals surface area contributed by atoms with E-state index >= 15 is 0 Å². The largest absolute Gasteiger partial charge is 0.359 e. The molecule has 2 aliphatic heterocycles. The van der Waals surface area contributed by atoms with Crippen LogP contribution >= 0.6 is 11.8 Å². The van der Waals surface area contributed by atoms with Crippen LogP contribution < -0.4 is 5.73 Å². The van der Waals surface area contributed by atoms with E-state index in [4.69, 9.17) is 5.73 Å². The van der Waals surface area contributed by atoms with Crippen molar-refractivity contribution in [2.24, 2.45) is 5.73 Å². The topological polar surface area (TPSA) is 32.5 Å². The van der Waals surface area contributed by atoms with Gasteiger partial charge in [0.2, 0.25) is 0 Å². The molecule has 2 saturated heterocycles. The van der Waals surface area contributed by atoms with Gasteiger partial charge in [0.05, 0.1) is 5.82 Å². The van der Waals surface area contributed by atoms with Crippen LogP contribution in [0.2, 0.25) is 0 Å². The lowest BCUT2D eigenvalue weighted by Gasteiger charge is -2.37. The average Bonchev–Trinajstić information content (AvgIpc) is 2.75. The predicted octanol–water partition coefficient (Wildman–Crippen LogP) is 1.32. The Morgan fingerprint density at radius 3 is 2.31 bits per heavy atom. The van der Waals surface area contributed by atoms with E-state index < -0.39 is 0 Å². The van der Waals surface area contributed by atoms with Crippen LogP contribution in [0.5, 0.6) is 0 Å². The van der Waals surface area contributed by atoms with Crippen LogP contribution in [0.1, 0.15) is 19.3 Å². The zero-order chi connectivity index (χ0) is 11.5. The van der Waals surface area contributed by atoms with Crippen LogP contribution in [0.3, 0.4) is 0 Å². The normalized spacial score (nSPS) is 27.5. The zero-order valence-electron chi connectivity index (χ0n) is 10.2. The third-order valence-corrected chi connectivity index (χ3v) is 4.87. The van der Waals surface area contributed by atoms with Crippen molar-refractivity contribution < 1.29 is 0 Å². The molecule has 1 atom stereocenters. The summed E-state index contributed by atoms with van der Waals surface area (Å²) in [6.07, 6.45) is 5.91. The molecule has 0 bridgehead atoms. The van der Waals surface area contributed by atoms with Crippen molar-refractivity contribution in [3.8, 4) is 0 Å². The molecule has 0 spiro atoms. The maximum Gasteiger partial charge on any atom is 0.0965 e. The quantitative estimate of drug-likeness (QED) is 0.808. The molecule has 2 fully saturated rings. The highest BCUT2D eigenvalue weighted by Gasteiger charge is 2.25. The summed E-state index contributed by atoms with van der Waals surface area (Å²) in [5.41, 5.74) is 5.93. The van der Waals surface area contributed by atoms with Crippen LogP contribution in [-0.4, -0.2) is 53.5 Å². The smallest absolute Gasteiger partial charge is 0.0965 e. The highest BCUT2D eigenvalue weighted by Crippen LogP contribution is 2.25. The Hall–Kier alpha value is -0.350. The van der Waals surface area contributed by atoms with Gasteiger partial charge in [-0.2, -0.15) is 11.8 Å². The van der Waals surface area contributed by atoms with E-state index in [-0.39, 0.29) is 0 Å². The lowest BCUT2D eigenvalue weighted by Crippen LogP contribution is -2.40. The summed E-state index contributed by atoms with van der Waals surface area (Å²) in [6, 6.07) is 0.348. The molecule has 16 heavy (non-hydrogen) atoms. The predicted molar refractivity (Wildman–Crippen MR) is 71.4 cm³/mol. The fraction of sp³-hybridized carbons (Fsp3) is 0.833. The maximum atomic E-state index is 5.93. The second-order valence-electron chi connectivity index (χ2n) is 4.83. The van der Waals surface area contributed by atoms with Gasteiger partial charge in [0, 0.05) is 37.5 Å². The van der Waals surface area contributed by atoms with Crippen LogP contribution in [0.4, 0.5) is 0 Å². The van der Waals surface area contributed by atoms with E-state index in [2.05, 4.69) is 22.6 Å². The molecule has 0 aromatic carbocycles. The first-order valence-electron chi connectivity index (χ1n) is 6.18. The molecule has 4 heteroatoms. The molecular weight excluding hydrogens is 218 g/mol. The van der Waals surface area contributed by atoms with Gasteiger partial charge < -0.3 is 15.5 Å². The number of likely N-dealkylation sites (tertiary alicyclic amines) is 2. The van der Waals surface area contributed by atoms with Crippen molar-refractivity contribution >= 4 is 11.8 Å². The van der Waals surface area contributed by atoms with Gasteiger partial charge in [-0.15, -0.1) is 0 Å². The first-order valence-corrected chi connectivity index (χ1v) is 7.46. The molecule has 2 heterocycles. The van der Waals surface area contributed by atoms with E-state index in [0.717, 1.165) is 37.8 Å². The summed E-state index contributed by atoms with van der Waals surface area (Å²) in [7, 11) is 0. The molecule has 3 nitrogen and oxygen atoms in total. The summed E-state index contributed by atoms with van der Waals surface area (Å²) >= 11 is 2.00. The second kappa shape index (κ2) is 5.32. The molecule has 2 aliphatic rings. The Kier molecular flexibility index (Phi) is 4.03. The number of hydrogen-bond donors (Lipinski definition) is 1. The monoisotopic (exact) mass is 241 g/mol. The highest BCUT2D eigenvalue weighted by atomic mass is 32.2. The minimum absolute atomic E-state index is 0.348. The van der Waals surface area contributed by atoms with E-state index in [1.807, 2.05) is 11.8 Å². The molecule has 92 valence electrons. The second-order valence-corrected chi connectivity index (χ2v) is 5.97. The minimum Gasteiger partial charge on any atom is -0.359 e. The van der Waals surface area contributed by atoms with E-state index in [0.29, 0.717) is 6.04 Å². The lowest BCUT2D eigenvalue weighted by atomic mass is 10.1. The van der Waals surface area contributed by atoms with Gasteiger partial charge in [0.1, 0.15) is 0 Å². The summed E-state index contributed by atoms with van der Waals surface area (Å²) in [6.45, 7) is 8.63. The fourth-order valence-corrected chi connectivity index (χ4v) is 3.25. The van der Waals surface area contributed by atoms with Gasteiger partial charge >= 0.3 is 0 Å². The van der Waals surface area contributed by atoms with Gasteiger partial charge in [-0.1, -0.05) is 6.58 Å². The SMILES string of the molecule is C=C(N1CCC(SC)CC1)N1CC[C@@H](N)C1. The van der Waals surface area contributed by atoms with Gasteiger partial charge in [-0.05, 0) is 25.5 Å². The highest BCUT2D eigenvalue weighted by molar-refractivity contribution is 7.99. The molecule has 0 unspecified atom stereocenters. The zero-order valence-corrected chi connectivity index (χ0v) is 11.0. The summed E-state index contributed by atoms with van der Waals surface area (Å²) in [5, 5.41) is 0.852. The Balaban J connectivity index is 1.82. The van der Waals surface area contributed by atoms with Crippen molar-refractivity contribution in [1.82, 2.24) is 9.80 Å². The number of nitrogens with zero attached hydrogens (tertiary/aromatic N) is 2. The number of rotatable bonds is 3. The maximum absolute atomic E-state index is 5.93.